The van der Waals surface area contributed by atoms with Crippen LogP contribution in [0.2, 0.25) is 0 Å². The van der Waals surface area contributed by atoms with Crippen LogP contribution in [0.4, 0.5) is 0 Å². The molecule has 0 aliphatic heterocycles. The Balaban J connectivity index is 1.74. The highest BCUT2D eigenvalue weighted by Gasteiger charge is 2.32. The fourth-order valence-electron chi connectivity index (χ4n) is 3.51. The average molecular weight is 452 g/mol. The molecule has 0 unspecified atom stereocenters. The van der Waals surface area contributed by atoms with Gasteiger partial charge in [0.2, 0.25) is 0 Å². The Labute approximate surface area is 190 Å². The van der Waals surface area contributed by atoms with Crippen LogP contribution < -0.4 is 5.73 Å². The number of rotatable bonds is 11. The summed E-state index contributed by atoms with van der Waals surface area (Å²) in [5, 5.41) is 0. The smallest absolute Gasteiger partial charge is 0.297 e. The Morgan fingerprint density at radius 2 is 1.44 bits per heavy atom. The zero-order valence-electron chi connectivity index (χ0n) is 18.2. The van der Waals surface area contributed by atoms with Crippen LogP contribution in [0.3, 0.4) is 0 Å². The normalized spacial score (nSPS) is 13.4. The van der Waals surface area contributed by atoms with Gasteiger partial charge in [-0.3, -0.25) is 8.98 Å². The molecule has 0 aliphatic carbocycles. The molecule has 0 aliphatic rings. The Morgan fingerprint density at radius 3 is 2.03 bits per heavy atom. The van der Waals surface area contributed by atoms with Gasteiger partial charge in [-0.15, -0.1) is 0 Å². The minimum atomic E-state index is -4.14. The molecule has 0 saturated carbocycles. The summed E-state index contributed by atoms with van der Waals surface area (Å²) >= 11 is 0. The molecule has 0 spiro atoms. The fourth-order valence-corrected chi connectivity index (χ4v) is 4.61. The molecular formula is C26H29NO4S. The molecule has 0 radical (unpaired) electrons. The van der Waals surface area contributed by atoms with Crippen molar-refractivity contribution in [2.24, 2.45) is 5.73 Å². The molecule has 3 aromatic carbocycles. The average Bonchev–Trinajstić information content (AvgIpc) is 2.79. The lowest BCUT2D eigenvalue weighted by molar-refractivity contribution is -0.126. The second-order valence-corrected chi connectivity index (χ2v) is 9.52. The summed E-state index contributed by atoms with van der Waals surface area (Å²) in [6.45, 7) is 1.87. The molecule has 3 aromatic rings. The van der Waals surface area contributed by atoms with Crippen LogP contribution in [0.15, 0.2) is 89.8 Å². The van der Waals surface area contributed by atoms with E-state index in [1.807, 2.05) is 67.6 Å². The van der Waals surface area contributed by atoms with Gasteiger partial charge in [-0.1, -0.05) is 78.4 Å². The maximum Gasteiger partial charge on any atom is 0.297 e. The Morgan fingerprint density at radius 1 is 0.875 bits per heavy atom. The predicted molar refractivity (Wildman–Crippen MR) is 126 cm³/mol. The number of carbonyl (C=O) groups excluding carboxylic acids is 1. The summed E-state index contributed by atoms with van der Waals surface area (Å²) in [5.41, 5.74) is 9.30. The van der Waals surface area contributed by atoms with Gasteiger partial charge in [0.15, 0.2) is 11.9 Å². The number of ketones is 1. The molecule has 0 fully saturated rings. The lowest BCUT2D eigenvalue weighted by Crippen LogP contribution is -2.45. The lowest BCUT2D eigenvalue weighted by Gasteiger charge is -2.23. The first kappa shape index (κ1) is 23.9. The molecule has 168 valence electrons. The van der Waals surface area contributed by atoms with Crippen LogP contribution in [0.5, 0.6) is 0 Å². The molecule has 0 aromatic heterocycles. The highest BCUT2D eigenvalue weighted by molar-refractivity contribution is 7.86. The first-order valence-corrected chi connectivity index (χ1v) is 12.1. The van der Waals surface area contributed by atoms with Crippen molar-refractivity contribution >= 4 is 15.9 Å². The van der Waals surface area contributed by atoms with Crippen LogP contribution in [0.1, 0.15) is 29.5 Å². The van der Waals surface area contributed by atoms with E-state index in [2.05, 4.69) is 0 Å². The molecule has 0 saturated heterocycles. The number of hydrogen-bond acceptors (Lipinski definition) is 5. The van der Waals surface area contributed by atoms with E-state index in [-0.39, 0.29) is 17.1 Å². The monoisotopic (exact) mass is 451 g/mol. The third-order valence-corrected chi connectivity index (χ3v) is 6.60. The van der Waals surface area contributed by atoms with Crippen LogP contribution in [0, 0.1) is 6.92 Å². The molecule has 0 amide bonds. The Bertz CT molecular complexity index is 1100. The van der Waals surface area contributed by atoms with Crippen LogP contribution >= 0.6 is 0 Å². The lowest BCUT2D eigenvalue weighted by atomic mass is 9.96. The molecule has 2 atom stereocenters. The standard InChI is InChI=1S/C26H29NO4S/c1-20-15-17-23(18-16-20)32(29,30)31-26(24(27)19-22-11-6-3-7-12-22)25(28)14-8-13-21-9-4-2-5-10-21/h2-7,9-12,15-18,24,26H,8,13-14,19,27H2,1H3/t24-,26+/m1/s1. The fraction of sp³-hybridized carbons (Fsp3) is 0.269. The third-order valence-electron chi connectivity index (χ3n) is 5.29. The van der Waals surface area contributed by atoms with Crippen molar-refractivity contribution in [2.45, 2.75) is 49.6 Å². The SMILES string of the molecule is Cc1ccc(S(=O)(=O)O[C@H](C(=O)CCCc2ccccc2)[C@H](N)Cc2ccccc2)cc1. The minimum absolute atomic E-state index is 0.0112. The third kappa shape index (κ3) is 6.85. The Hall–Kier alpha value is -2.80. The Kier molecular flexibility index (Phi) is 8.33. The van der Waals surface area contributed by atoms with E-state index in [4.69, 9.17) is 9.92 Å². The molecule has 0 bridgehead atoms. The van der Waals surface area contributed by atoms with E-state index in [0.717, 1.165) is 23.1 Å². The van der Waals surface area contributed by atoms with Crippen molar-refractivity contribution < 1.29 is 17.4 Å². The van der Waals surface area contributed by atoms with Gasteiger partial charge >= 0.3 is 0 Å². The zero-order chi connectivity index (χ0) is 23.0. The topological polar surface area (TPSA) is 86.5 Å². The van der Waals surface area contributed by atoms with E-state index in [9.17, 15) is 13.2 Å². The summed E-state index contributed by atoms with van der Waals surface area (Å²) in [6.07, 6.45) is 0.575. The minimum Gasteiger partial charge on any atom is -0.325 e. The van der Waals surface area contributed by atoms with Crippen molar-refractivity contribution in [3.05, 3.63) is 102 Å². The van der Waals surface area contributed by atoms with Gasteiger partial charge in [0, 0.05) is 12.5 Å². The van der Waals surface area contributed by atoms with Gasteiger partial charge in [-0.25, -0.2) is 0 Å². The summed E-state index contributed by atoms with van der Waals surface area (Å²) < 4.78 is 31.2. The maximum atomic E-state index is 13.1. The predicted octanol–water partition coefficient (Wildman–Crippen LogP) is 4.23. The van der Waals surface area contributed by atoms with Gasteiger partial charge in [-0.2, -0.15) is 8.42 Å². The van der Waals surface area contributed by atoms with Gasteiger partial charge in [0.1, 0.15) is 0 Å². The van der Waals surface area contributed by atoms with Crippen LogP contribution in [-0.4, -0.2) is 26.3 Å². The van der Waals surface area contributed by atoms with Crippen molar-refractivity contribution in [1.82, 2.24) is 0 Å². The van der Waals surface area contributed by atoms with Crippen molar-refractivity contribution in [2.75, 3.05) is 0 Å². The van der Waals surface area contributed by atoms with Crippen molar-refractivity contribution in [1.29, 1.82) is 0 Å². The quantitative estimate of drug-likeness (QED) is 0.441. The van der Waals surface area contributed by atoms with Gasteiger partial charge in [0.05, 0.1) is 4.90 Å². The first-order chi connectivity index (χ1) is 15.3. The molecule has 5 nitrogen and oxygen atoms in total. The van der Waals surface area contributed by atoms with Crippen LogP contribution in [-0.2, 0) is 31.9 Å². The first-order valence-electron chi connectivity index (χ1n) is 10.7. The summed E-state index contributed by atoms with van der Waals surface area (Å²) in [4.78, 5) is 13.1. The van der Waals surface area contributed by atoms with E-state index >= 15 is 0 Å². The molecule has 3 rings (SSSR count). The second kappa shape index (κ2) is 11.2. The number of benzene rings is 3. The van der Waals surface area contributed by atoms with E-state index in [1.165, 1.54) is 12.1 Å². The molecule has 6 heteroatoms. The molecule has 32 heavy (non-hydrogen) atoms. The van der Waals surface area contributed by atoms with Gasteiger partial charge < -0.3 is 5.73 Å². The summed E-state index contributed by atoms with van der Waals surface area (Å²) in [5.74, 6) is -0.306. The summed E-state index contributed by atoms with van der Waals surface area (Å²) in [7, 11) is -4.14. The zero-order valence-corrected chi connectivity index (χ0v) is 19.0. The number of nitrogens with two attached hydrogens (primary N) is 1. The van der Waals surface area contributed by atoms with Crippen LogP contribution in [0.25, 0.3) is 0 Å². The van der Waals surface area contributed by atoms with E-state index < -0.39 is 22.3 Å². The molecular weight excluding hydrogens is 422 g/mol. The number of carbonyl (C=O) groups is 1. The largest absolute Gasteiger partial charge is 0.325 e. The second-order valence-electron chi connectivity index (χ2n) is 7.94. The van der Waals surface area contributed by atoms with Crippen molar-refractivity contribution in [3.8, 4) is 0 Å². The summed E-state index contributed by atoms with van der Waals surface area (Å²) in [6, 6.07) is 24.8. The van der Waals surface area contributed by atoms with Gasteiger partial charge in [0.25, 0.3) is 10.1 Å². The number of Topliss-reactive ketones (excluding diaryl/α,β-unsaturated/α-hetero) is 1. The molecule has 0 heterocycles. The maximum absolute atomic E-state index is 13.1. The highest BCUT2D eigenvalue weighted by atomic mass is 32.2. The van der Waals surface area contributed by atoms with E-state index in [0.29, 0.717) is 12.8 Å². The van der Waals surface area contributed by atoms with E-state index in [1.54, 1.807) is 12.1 Å². The number of aryl methyl sites for hydroxylation is 2. The van der Waals surface area contributed by atoms with Gasteiger partial charge in [-0.05, 0) is 49.4 Å². The van der Waals surface area contributed by atoms with Crippen molar-refractivity contribution in [3.63, 3.8) is 0 Å². The highest BCUT2D eigenvalue weighted by Crippen LogP contribution is 2.20. The number of hydrogen-bond donors (Lipinski definition) is 1. The molecule has 2 N–H and O–H groups in total.